The van der Waals surface area contributed by atoms with Gasteiger partial charge in [0, 0.05) is 5.56 Å². The van der Waals surface area contributed by atoms with Gasteiger partial charge >= 0.3 is 0 Å². The second-order valence-corrected chi connectivity index (χ2v) is 4.53. The summed E-state index contributed by atoms with van der Waals surface area (Å²) in [6.45, 7) is 0.0327. The first-order valence-corrected chi connectivity index (χ1v) is 6.16. The van der Waals surface area contributed by atoms with Gasteiger partial charge in [-0.3, -0.25) is 0 Å². The monoisotopic (exact) mass is 252 g/mol. The van der Waals surface area contributed by atoms with Gasteiger partial charge in [0.1, 0.15) is 5.82 Å². The van der Waals surface area contributed by atoms with Crippen molar-refractivity contribution in [3.8, 4) is 11.1 Å². The predicted octanol–water partition coefficient (Wildman–Crippen LogP) is 4.14. The number of hydrogen-bond donors (Lipinski definition) is 1. The second kappa shape index (κ2) is 4.82. The number of aliphatic hydroxyl groups is 1. The average molecular weight is 252 g/mol. The van der Waals surface area contributed by atoms with Crippen LogP contribution in [-0.2, 0) is 6.61 Å². The van der Waals surface area contributed by atoms with Crippen LogP contribution in [0.15, 0.2) is 60.7 Å². The summed E-state index contributed by atoms with van der Waals surface area (Å²) in [5.41, 5.74) is 2.35. The van der Waals surface area contributed by atoms with Gasteiger partial charge in [-0.25, -0.2) is 4.39 Å². The van der Waals surface area contributed by atoms with E-state index in [-0.39, 0.29) is 12.4 Å². The molecule has 1 N–H and O–H groups in total. The minimum absolute atomic E-state index is 0.0327. The predicted molar refractivity (Wildman–Crippen MR) is 75.3 cm³/mol. The number of hydrogen-bond acceptors (Lipinski definition) is 1. The van der Waals surface area contributed by atoms with E-state index in [4.69, 9.17) is 5.11 Å². The number of aliphatic hydroxyl groups excluding tert-OH is 1. The lowest BCUT2D eigenvalue weighted by atomic mass is 10.00. The smallest absolute Gasteiger partial charge is 0.131 e. The van der Waals surface area contributed by atoms with Crippen LogP contribution in [0.4, 0.5) is 4.39 Å². The van der Waals surface area contributed by atoms with Crippen molar-refractivity contribution in [3.63, 3.8) is 0 Å². The number of fused-ring (bicyclic) bond motifs is 1. The molecule has 1 nitrogen and oxygen atoms in total. The van der Waals surface area contributed by atoms with Crippen LogP contribution in [0, 0.1) is 5.82 Å². The molecular weight excluding hydrogens is 239 g/mol. The maximum atomic E-state index is 13.8. The van der Waals surface area contributed by atoms with E-state index < -0.39 is 0 Å². The topological polar surface area (TPSA) is 20.2 Å². The number of benzene rings is 3. The van der Waals surface area contributed by atoms with Gasteiger partial charge in [-0.05, 0) is 40.1 Å². The zero-order valence-electron chi connectivity index (χ0n) is 10.3. The van der Waals surface area contributed by atoms with Crippen molar-refractivity contribution in [1.82, 2.24) is 0 Å². The number of rotatable bonds is 2. The Morgan fingerprint density at radius 3 is 2.37 bits per heavy atom. The molecule has 0 heterocycles. The third-order valence-corrected chi connectivity index (χ3v) is 3.27. The summed E-state index contributed by atoms with van der Waals surface area (Å²) in [5, 5.41) is 11.2. The maximum Gasteiger partial charge on any atom is 0.131 e. The van der Waals surface area contributed by atoms with E-state index in [0.29, 0.717) is 5.56 Å². The molecule has 0 aliphatic rings. The van der Waals surface area contributed by atoms with Gasteiger partial charge < -0.3 is 5.11 Å². The molecule has 0 fully saturated rings. The van der Waals surface area contributed by atoms with Crippen LogP contribution in [0.5, 0.6) is 0 Å². The highest BCUT2D eigenvalue weighted by atomic mass is 19.1. The van der Waals surface area contributed by atoms with Crippen molar-refractivity contribution >= 4 is 10.8 Å². The lowest BCUT2D eigenvalue weighted by Gasteiger charge is -2.06. The van der Waals surface area contributed by atoms with Crippen LogP contribution in [0.25, 0.3) is 21.9 Å². The van der Waals surface area contributed by atoms with E-state index in [2.05, 4.69) is 0 Å². The Balaban J connectivity index is 2.15. The molecule has 0 atom stereocenters. The Morgan fingerprint density at radius 2 is 1.58 bits per heavy atom. The van der Waals surface area contributed by atoms with E-state index in [9.17, 15) is 4.39 Å². The normalized spacial score (nSPS) is 10.8. The minimum atomic E-state index is -0.214. The molecule has 3 aromatic rings. The summed E-state index contributed by atoms with van der Waals surface area (Å²) in [4.78, 5) is 0. The highest BCUT2D eigenvalue weighted by Crippen LogP contribution is 2.27. The van der Waals surface area contributed by atoms with E-state index in [0.717, 1.165) is 21.9 Å². The molecule has 0 radical (unpaired) electrons. The van der Waals surface area contributed by atoms with E-state index in [1.807, 2.05) is 42.5 Å². The van der Waals surface area contributed by atoms with Gasteiger partial charge in [0.2, 0.25) is 0 Å². The fourth-order valence-electron chi connectivity index (χ4n) is 2.26. The number of halogens is 1. The third kappa shape index (κ3) is 2.23. The second-order valence-electron chi connectivity index (χ2n) is 4.53. The SMILES string of the molecule is OCc1ccc2cc(-c3ccccc3F)ccc2c1. The van der Waals surface area contributed by atoms with Crippen LogP contribution in [-0.4, -0.2) is 5.11 Å². The molecule has 94 valence electrons. The molecule has 0 aromatic heterocycles. The van der Waals surface area contributed by atoms with Crippen molar-refractivity contribution in [3.05, 3.63) is 72.0 Å². The van der Waals surface area contributed by atoms with Crippen LogP contribution in [0.3, 0.4) is 0 Å². The van der Waals surface area contributed by atoms with Gasteiger partial charge in [-0.2, -0.15) is 0 Å². The Morgan fingerprint density at radius 1 is 0.842 bits per heavy atom. The summed E-state index contributed by atoms with van der Waals surface area (Å²) in [5.74, 6) is -0.214. The van der Waals surface area contributed by atoms with Crippen LogP contribution in [0.2, 0.25) is 0 Å². The zero-order valence-corrected chi connectivity index (χ0v) is 10.3. The van der Waals surface area contributed by atoms with Crippen molar-refractivity contribution in [1.29, 1.82) is 0 Å². The van der Waals surface area contributed by atoms with Gasteiger partial charge in [-0.15, -0.1) is 0 Å². The van der Waals surface area contributed by atoms with Crippen LogP contribution < -0.4 is 0 Å². The molecule has 0 aliphatic heterocycles. The lowest BCUT2D eigenvalue weighted by molar-refractivity contribution is 0.282. The summed E-state index contributed by atoms with van der Waals surface area (Å²) in [6.07, 6.45) is 0. The lowest BCUT2D eigenvalue weighted by Crippen LogP contribution is -1.86. The summed E-state index contributed by atoms with van der Waals surface area (Å²) in [7, 11) is 0. The molecular formula is C17H13FO. The Hall–Kier alpha value is -2.19. The average Bonchev–Trinajstić information content (AvgIpc) is 2.46. The fraction of sp³-hybridized carbons (Fsp3) is 0.0588. The summed E-state index contributed by atoms with van der Waals surface area (Å²) < 4.78 is 13.8. The maximum absolute atomic E-state index is 13.8. The molecule has 19 heavy (non-hydrogen) atoms. The molecule has 3 rings (SSSR count). The van der Waals surface area contributed by atoms with E-state index in [1.165, 1.54) is 6.07 Å². The first kappa shape index (κ1) is 11.9. The standard InChI is InChI=1S/C17H13FO/c18-17-4-2-1-3-16(17)15-8-7-13-9-12(11-19)5-6-14(13)10-15/h1-10,19H,11H2. The molecule has 0 unspecified atom stereocenters. The van der Waals surface area contributed by atoms with Crippen molar-refractivity contribution in [2.24, 2.45) is 0 Å². The van der Waals surface area contributed by atoms with Gasteiger partial charge in [0.05, 0.1) is 6.61 Å². The summed E-state index contributed by atoms with van der Waals surface area (Å²) in [6, 6.07) is 18.4. The van der Waals surface area contributed by atoms with Crippen LogP contribution in [0.1, 0.15) is 5.56 Å². The Kier molecular flexibility index (Phi) is 3.02. The molecule has 0 saturated carbocycles. The molecule has 0 aliphatic carbocycles. The van der Waals surface area contributed by atoms with Crippen LogP contribution >= 0.6 is 0 Å². The fourth-order valence-corrected chi connectivity index (χ4v) is 2.26. The van der Waals surface area contributed by atoms with Crippen molar-refractivity contribution in [2.45, 2.75) is 6.61 Å². The Bertz CT molecular complexity index is 734. The highest BCUT2D eigenvalue weighted by Gasteiger charge is 2.05. The first-order valence-electron chi connectivity index (χ1n) is 6.16. The Labute approximate surface area is 110 Å². The molecule has 3 aromatic carbocycles. The molecule has 0 amide bonds. The van der Waals surface area contributed by atoms with E-state index in [1.54, 1.807) is 12.1 Å². The molecule has 2 heteroatoms. The minimum Gasteiger partial charge on any atom is -0.392 e. The molecule has 0 bridgehead atoms. The van der Waals surface area contributed by atoms with Crippen molar-refractivity contribution < 1.29 is 9.50 Å². The van der Waals surface area contributed by atoms with Gasteiger partial charge in [0.25, 0.3) is 0 Å². The summed E-state index contributed by atoms with van der Waals surface area (Å²) >= 11 is 0. The van der Waals surface area contributed by atoms with Crippen molar-refractivity contribution in [2.75, 3.05) is 0 Å². The largest absolute Gasteiger partial charge is 0.392 e. The molecule has 0 saturated heterocycles. The first-order chi connectivity index (χ1) is 9.28. The quantitative estimate of drug-likeness (QED) is 0.726. The molecule has 0 spiro atoms. The van der Waals surface area contributed by atoms with E-state index >= 15 is 0 Å². The highest BCUT2D eigenvalue weighted by molar-refractivity contribution is 5.87. The zero-order chi connectivity index (χ0) is 13.2. The third-order valence-electron chi connectivity index (χ3n) is 3.27. The van der Waals surface area contributed by atoms with Gasteiger partial charge in [0.15, 0.2) is 0 Å². The van der Waals surface area contributed by atoms with Gasteiger partial charge in [-0.1, -0.05) is 42.5 Å².